The van der Waals surface area contributed by atoms with Gasteiger partial charge in [-0.1, -0.05) is 194 Å². The Morgan fingerprint density at radius 2 is 1.07 bits per heavy atom. The third-order valence-corrected chi connectivity index (χ3v) is 12.1. The molecule has 12 rings (SSSR count). The van der Waals surface area contributed by atoms with E-state index in [1.807, 2.05) is 109 Å². The highest BCUT2D eigenvalue weighted by atomic mass is 16.3. The Morgan fingerprint density at radius 1 is 0.426 bits per heavy atom. The first-order chi connectivity index (χ1) is 34.0. The second kappa shape index (κ2) is 14.1. The minimum absolute atomic E-state index is 0.0886. The van der Waals surface area contributed by atoms with Gasteiger partial charge in [-0.2, -0.15) is 0 Å². The van der Waals surface area contributed by atoms with Gasteiger partial charge < -0.3 is 9.32 Å². The van der Waals surface area contributed by atoms with E-state index < -0.39 is 65.4 Å². The molecule has 0 spiro atoms. The molecule has 0 atom stereocenters. The number of benzene rings is 10. The van der Waals surface area contributed by atoms with Gasteiger partial charge in [-0.05, 0) is 97.9 Å². The van der Waals surface area contributed by atoms with Crippen LogP contribution in [0.5, 0.6) is 0 Å². The van der Waals surface area contributed by atoms with Crippen LogP contribution in [-0.2, 0) is 5.41 Å². The third-order valence-electron chi connectivity index (χ3n) is 12.1. The zero-order chi connectivity index (χ0) is 48.2. The van der Waals surface area contributed by atoms with Crippen molar-refractivity contribution >= 4 is 49.8 Å². The Morgan fingerprint density at radius 3 is 1.85 bits per heavy atom. The zero-order valence-corrected chi connectivity index (χ0v) is 32.7. The van der Waals surface area contributed by atoms with Crippen LogP contribution in [0.4, 0.5) is 17.1 Å². The summed E-state index contributed by atoms with van der Waals surface area (Å²) >= 11 is 0. The number of nitrogens with zero attached hydrogens (tertiary/aromatic N) is 1. The maximum Gasteiger partial charge on any atom is 0.143 e. The molecule has 0 saturated heterocycles. The molecule has 10 aromatic carbocycles. The summed E-state index contributed by atoms with van der Waals surface area (Å²) in [5.74, 6) is 0. The summed E-state index contributed by atoms with van der Waals surface area (Å²) in [4.78, 5) is 1.78. The van der Waals surface area contributed by atoms with Gasteiger partial charge in [0.25, 0.3) is 0 Å². The first-order valence-electron chi connectivity index (χ1n) is 24.8. The largest absolute Gasteiger partial charge is 0.455 e. The maximum atomic E-state index is 9.91. The van der Waals surface area contributed by atoms with Crippen LogP contribution in [0.2, 0.25) is 0 Å². The van der Waals surface area contributed by atoms with E-state index >= 15 is 0 Å². The van der Waals surface area contributed by atoms with Crippen LogP contribution in [0, 0.1) is 0 Å². The quantitative estimate of drug-likeness (QED) is 0.160. The summed E-state index contributed by atoms with van der Waals surface area (Å²) in [7, 11) is 0. The normalized spacial score (nSPS) is 14.8. The number of furan rings is 1. The first kappa shape index (κ1) is 26.9. The number of fused-ring (bicyclic) bond motifs is 8. The average molecular weight is 787 g/mol. The van der Waals surface area contributed by atoms with Gasteiger partial charge in [0.15, 0.2) is 0 Å². The highest BCUT2D eigenvalue weighted by Gasteiger charge is 2.46. The van der Waals surface area contributed by atoms with Crippen molar-refractivity contribution in [3.8, 4) is 33.4 Å². The van der Waals surface area contributed by atoms with E-state index in [2.05, 4.69) is 72.8 Å². The standard InChI is InChI=1S/C59H39NO/c1-4-17-40(18-5-1)41-31-34-45(35-32-41)60(55-29-15-13-26-50(55)51-27-16-30-56-57(51)52-37-33-42-19-10-11-24-47(42)58(52)61-56)46-36-38-49-48-25-12-14-28-53(48)59(54(49)39-46,43-20-6-2-7-21-43)44-22-8-3-9-23-44/h1-39H/i1D,4D,5D,17D,18D,31D,32D,34D,35D. The number of rotatable bonds is 7. The van der Waals surface area contributed by atoms with Crippen LogP contribution >= 0.6 is 0 Å². The predicted molar refractivity (Wildman–Crippen MR) is 254 cm³/mol. The molecule has 0 radical (unpaired) electrons. The van der Waals surface area contributed by atoms with Gasteiger partial charge in [-0.3, -0.25) is 0 Å². The number of hydrogen-bond donors (Lipinski definition) is 0. The van der Waals surface area contributed by atoms with E-state index in [1.54, 1.807) is 4.90 Å². The van der Waals surface area contributed by atoms with Crippen LogP contribution in [0.15, 0.2) is 241 Å². The number of anilines is 3. The summed E-state index contributed by atoms with van der Waals surface area (Å²) in [6, 6.07) is 55.9. The molecule has 0 amide bonds. The van der Waals surface area contributed by atoms with Crippen LogP contribution in [0.1, 0.15) is 34.6 Å². The van der Waals surface area contributed by atoms with E-state index in [1.165, 1.54) is 0 Å². The fourth-order valence-corrected chi connectivity index (χ4v) is 9.55. The van der Waals surface area contributed by atoms with E-state index in [0.29, 0.717) is 17.0 Å². The molecule has 1 heterocycles. The fourth-order valence-electron chi connectivity index (χ4n) is 9.55. The van der Waals surface area contributed by atoms with Crippen molar-refractivity contribution in [3.63, 3.8) is 0 Å². The Labute approximate surface area is 367 Å². The second-order valence-electron chi connectivity index (χ2n) is 15.3. The van der Waals surface area contributed by atoms with Gasteiger partial charge in [0.05, 0.1) is 23.4 Å². The molecule has 1 aliphatic rings. The third kappa shape index (κ3) is 5.43. The molecule has 2 nitrogen and oxygen atoms in total. The van der Waals surface area contributed by atoms with Crippen molar-refractivity contribution in [3.05, 3.63) is 259 Å². The molecule has 0 unspecified atom stereocenters. The summed E-state index contributed by atoms with van der Waals surface area (Å²) in [5, 5.41) is 3.78. The van der Waals surface area contributed by atoms with E-state index in [4.69, 9.17) is 11.3 Å². The topological polar surface area (TPSA) is 16.4 Å². The Kier molecular flexibility index (Phi) is 6.23. The van der Waals surface area contributed by atoms with Crippen molar-refractivity contribution in [2.45, 2.75) is 5.41 Å². The molecule has 0 N–H and O–H groups in total. The highest BCUT2D eigenvalue weighted by molar-refractivity contribution is 6.19. The van der Waals surface area contributed by atoms with E-state index in [9.17, 15) is 5.48 Å². The lowest BCUT2D eigenvalue weighted by Crippen LogP contribution is -2.28. The molecule has 0 bridgehead atoms. The van der Waals surface area contributed by atoms with E-state index in [-0.39, 0.29) is 11.3 Å². The number of para-hydroxylation sites is 1. The summed E-state index contributed by atoms with van der Waals surface area (Å²) in [6.45, 7) is 0. The molecule has 0 aliphatic heterocycles. The minimum atomic E-state index is -0.820. The first-order valence-corrected chi connectivity index (χ1v) is 20.3. The monoisotopic (exact) mass is 786 g/mol. The van der Waals surface area contributed by atoms with Crippen molar-refractivity contribution in [2.75, 3.05) is 4.90 Å². The molecule has 1 aliphatic carbocycles. The van der Waals surface area contributed by atoms with Gasteiger partial charge in [0, 0.05) is 33.1 Å². The van der Waals surface area contributed by atoms with Crippen molar-refractivity contribution in [2.24, 2.45) is 0 Å². The van der Waals surface area contributed by atoms with Crippen LogP contribution in [0.3, 0.4) is 0 Å². The van der Waals surface area contributed by atoms with Gasteiger partial charge in [-0.15, -0.1) is 0 Å². The fraction of sp³-hybridized carbons (Fsp3) is 0.0169. The van der Waals surface area contributed by atoms with Gasteiger partial charge >= 0.3 is 0 Å². The van der Waals surface area contributed by atoms with Gasteiger partial charge in [-0.25, -0.2) is 0 Å². The van der Waals surface area contributed by atoms with Gasteiger partial charge in [0.2, 0.25) is 0 Å². The lowest BCUT2D eigenvalue weighted by molar-refractivity contribution is 0.673. The summed E-state index contributed by atoms with van der Waals surface area (Å²) in [6.07, 6.45) is 0. The average Bonchev–Trinajstić information content (AvgIpc) is 3.94. The lowest BCUT2D eigenvalue weighted by Gasteiger charge is -2.35. The molecule has 0 fully saturated rings. The molecule has 11 aromatic rings. The molecule has 1 aromatic heterocycles. The molecule has 0 saturated carbocycles. The SMILES string of the molecule is [2H]c1c([2H])c([2H])c(-c2c([2H])c([2H])c(N(c3ccc4c(c3)C(c3ccccc3)(c3ccccc3)c3ccccc3-4)c3ccccc3-c3cccc4oc5c6ccccc6ccc5c34)c([2H])c2[2H])c([2H])c1[2H]. The highest BCUT2D eigenvalue weighted by Crippen LogP contribution is 2.57. The predicted octanol–water partition coefficient (Wildman–Crippen LogP) is 15.9. The smallest absolute Gasteiger partial charge is 0.143 e. The van der Waals surface area contributed by atoms with Crippen molar-refractivity contribution in [1.82, 2.24) is 0 Å². The molecular formula is C59H39NO. The molecule has 61 heavy (non-hydrogen) atoms. The summed E-state index contributed by atoms with van der Waals surface area (Å²) < 4.78 is 88.5. The van der Waals surface area contributed by atoms with Crippen LogP contribution in [-0.4, -0.2) is 0 Å². The van der Waals surface area contributed by atoms with Gasteiger partial charge in [0.1, 0.15) is 11.2 Å². The van der Waals surface area contributed by atoms with Crippen molar-refractivity contribution < 1.29 is 16.8 Å². The molecular weight excluding hydrogens is 739 g/mol. The summed E-state index contributed by atoms with van der Waals surface area (Å²) in [5.41, 5.74) is 8.50. The van der Waals surface area contributed by atoms with Crippen LogP contribution < -0.4 is 4.90 Å². The zero-order valence-electron chi connectivity index (χ0n) is 41.7. The van der Waals surface area contributed by atoms with Crippen molar-refractivity contribution in [1.29, 1.82) is 0 Å². The Balaban J connectivity index is 1.18. The van der Waals surface area contributed by atoms with E-state index in [0.717, 1.165) is 71.6 Å². The Bertz CT molecular complexity index is 3870. The minimum Gasteiger partial charge on any atom is -0.455 e. The maximum absolute atomic E-state index is 9.91. The lowest BCUT2D eigenvalue weighted by atomic mass is 9.67. The number of hydrogen-bond acceptors (Lipinski definition) is 2. The second-order valence-corrected chi connectivity index (χ2v) is 15.3. The molecule has 2 heteroatoms. The van der Waals surface area contributed by atoms with Crippen LogP contribution in [0.25, 0.3) is 66.1 Å². The molecule has 286 valence electrons. The Hall–Kier alpha value is -7.94.